The number of benzene rings is 4. The minimum absolute atomic E-state index is 0. The molecule has 4 aromatic rings. The SMILES string of the molecule is [Ti].[c-]1cc(-c2ccccc2)cc2c1Cc1ccc(-c3ccccc3)cc1-2. The van der Waals surface area contributed by atoms with E-state index in [0.717, 1.165) is 6.42 Å². The summed E-state index contributed by atoms with van der Waals surface area (Å²) in [5.41, 5.74) is 10.4. The van der Waals surface area contributed by atoms with Crippen LogP contribution < -0.4 is 0 Å². The maximum Gasteiger partial charge on any atom is 0 e. The second-order valence-corrected chi connectivity index (χ2v) is 6.56. The van der Waals surface area contributed by atoms with Gasteiger partial charge in [0, 0.05) is 21.7 Å². The minimum Gasteiger partial charge on any atom is -0.179 e. The Kier molecular flexibility index (Phi) is 4.63. The topological polar surface area (TPSA) is 0 Å². The summed E-state index contributed by atoms with van der Waals surface area (Å²) in [5.74, 6) is 0. The van der Waals surface area contributed by atoms with Gasteiger partial charge in [-0.2, -0.15) is 23.8 Å². The van der Waals surface area contributed by atoms with E-state index in [1.54, 1.807) is 0 Å². The van der Waals surface area contributed by atoms with E-state index in [4.69, 9.17) is 0 Å². The van der Waals surface area contributed by atoms with Gasteiger partial charge in [0.15, 0.2) is 0 Å². The zero-order valence-corrected chi connectivity index (χ0v) is 15.9. The molecule has 0 aliphatic heterocycles. The van der Waals surface area contributed by atoms with Crippen LogP contribution in [0.2, 0.25) is 0 Å². The van der Waals surface area contributed by atoms with Crippen molar-refractivity contribution in [2.45, 2.75) is 6.42 Å². The van der Waals surface area contributed by atoms with Crippen molar-refractivity contribution in [1.82, 2.24) is 0 Å². The summed E-state index contributed by atoms with van der Waals surface area (Å²) in [6.07, 6.45) is 0.981. The molecule has 5 rings (SSSR count). The predicted molar refractivity (Wildman–Crippen MR) is 104 cm³/mol. The van der Waals surface area contributed by atoms with Gasteiger partial charge in [-0.3, -0.25) is 0 Å². The van der Waals surface area contributed by atoms with Crippen LogP contribution in [0.5, 0.6) is 0 Å². The molecule has 0 unspecified atom stereocenters. The van der Waals surface area contributed by atoms with E-state index < -0.39 is 0 Å². The van der Waals surface area contributed by atoms with Crippen LogP contribution in [0.15, 0.2) is 91.0 Å². The Morgan fingerprint density at radius 1 is 0.577 bits per heavy atom. The van der Waals surface area contributed by atoms with Crippen molar-refractivity contribution in [3.05, 3.63) is 108 Å². The van der Waals surface area contributed by atoms with Crippen LogP contribution in [-0.2, 0) is 28.1 Å². The van der Waals surface area contributed by atoms with Gasteiger partial charge in [-0.25, -0.2) is 0 Å². The third-order valence-electron chi connectivity index (χ3n) is 5.01. The molecular weight excluding hydrogens is 348 g/mol. The van der Waals surface area contributed by atoms with E-state index in [1.807, 2.05) is 0 Å². The molecule has 1 heteroatoms. The fourth-order valence-corrected chi connectivity index (χ4v) is 3.69. The summed E-state index contributed by atoms with van der Waals surface area (Å²) < 4.78 is 0. The van der Waals surface area contributed by atoms with Crippen molar-refractivity contribution < 1.29 is 21.7 Å². The maximum atomic E-state index is 3.52. The Morgan fingerprint density at radius 2 is 1.19 bits per heavy atom. The molecule has 0 bridgehead atoms. The summed E-state index contributed by atoms with van der Waals surface area (Å²) in [5, 5.41) is 0. The molecular formula is C25H17Ti-. The number of hydrogen-bond acceptors (Lipinski definition) is 0. The molecule has 0 saturated heterocycles. The van der Waals surface area contributed by atoms with Crippen LogP contribution >= 0.6 is 0 Å². The molecule has 26 heavy (non-hydrogen) atoms. The summed E-state index contributed by atoms with van der Waals surface area (Å²) in [6.45, 7) is 0. The average molecular weight is 365 g/mol. The Balaban J connectivity index is 0.00000168. The third kappa shape index (κ3) is 2.96. The first-order valence-corrected chi connectivity index (χ1v) is 8.67. The van der Waals surface area contributed by atoms with Gasteiger partial charge in [0.2, 0.25) is 0 Å². The summed E-state index contributed by atoms with van der Waals surface area (Å²) in [4.78, 5) is 0. The largest absolute Gasteiger partial charge is 0.179 e. The summed E-state index contributed by atoms with van der Waals surface area (Å²) in [7, 11) is 0. The normalized spacial score (nSPS) is 11.4. The smallest absolute Gasteiger partial charge is 0 e. The quantitative estimate of drug-likeness (QED) is 0.251. The van der Waals surface area contributed by atoms with Crippen molar-refractivity contribution in [2.75, 3.05) is 0 Å². The van der Waals surface area contributed by atoms with Crippen LogP contribution in [-0.4, -0.2) is 0 Å². The molecule has 1 aliphatic rings. The van der Waals surface area contributed by atoms with Gasteiger partial charge in [-0.15, -0.1) is 11.1 Å². The minimum atomic E-state index is 0. The van der Waals surface area contributed by atoms with Gasteiger partial charge < -0.3 is 0 Å². The first kappa shape index (κ1) is 17.0. The van der Waals surface area contributed by atoms with Crippen molar-refractivity contribution in [3.63, 3.8) is 0 Å². The zero-order chi connectivity index (χ0) is 16.6. The van der Waals surface area contributed by atoms with Gasteiger partial charge in [-0.1, -0.05) is 95.6 Å². The van der Waals surface area contributed by atoms with Crippen LogP contribution in [0.4, 0.5) is 0 Å². The molecule has 122 valence electrons. The van der Waals surface area contributed by atoms with Gasteiger partial charge in [0.05, 0.1) is 0 Å². The molecule has 0 spiro atoms. The number of hydrogen-bond donors (Lipinski definition) is 0. The van der Waals surface area contributed by atoms with Gasteiger partial charge in [0.25, 0.3) is 0 Å². The standard InChI is InChI=1S/C25H17.Ti/c1-3-7-18(8-4-1)20-11-13-22-15-23-14-12-21(17-25(23)24(22)16-20)19-9-5-2-6-10-19;/h1-13,16-17H,15H2;/q-1;. The predicted octanol–water partition coefficient (Wildman–Crippen LogP) is 6.39. The molecule has 4 aromatic carbocycles. The fourth-order valence-electron chi connectivity index (χ4n) is 3.69. The number of rotatable bonds is 2. The Morgan fingerprint density at radius 3 is 1.88 bits per heavy atom. The van der Waals surface area contributed by atoms with Crippen LogP contribution in [0.1, 0.15) is 11.1 Å². The summed E-state index contributed by atoms with van der Waals surface area (Å²) >= 11 is 0. The Bertz CT molecular complexity index is 963. The van der Waals surface area contributed by atoms with Crippen molar-refractivity contribution in [2.24, 2.45) is 0 Å². The van der Waals surface area contributed by atoms with Gasteiger partial charge in [-0.05, 0) is 17.5 Å². The second-order valence-electron chi connectivity index (χ2n) is 6.56. The maximum absolute atomic E-state index is 3.52. The van der Waals surface area contributed by atoms with Crippen LogP contribution in [0.3, 0.4) is 0 Å². The molecule has 0 fully saturated rings. The molecule has 0 radical (unpaired) electrons. The van der Waals surface area contributed by atoms with E-state index in [2.05, 4.69) is 97.1 Å². The molecule has 1 aliphatic carbocycles. The fraction of sp³-hybridized carbons (Fsp3) is 0.0400. The van der Waals surface area contributed by atoms with Crippen LogP contribution in [0, 0.1) is 6.07 Å². The van der Waals surface area contributed by atoms with Crippen LogP contribution in [0.25, 0.3) is 33.4 Å². The molecule has 0 aromatic heterocycles. The van der Waals surface area contributed by atoms with E-state index >= 15 is 0 Å². The molecule has 0 N–H and O–H groups in total. The second kappa shape index (κ2) is 7.07. The van der Waals surface area contributed by atoms with E-state index in [-0.39, 0.29) is 21.7 Å². The molecule has 0 heterocycles. The van der Waals surface area contributed by atoms with Gasteiger partial charge >= 0.3 is 0 Å². The third-order valence-corrected chi connectivity index (χ3v) is 5.01. The molecule has 0 nitrogen and oxygen atoms in total. The Labute approximate surface area is 169 Å². The van der Waals surface area contributed by atoms with E-state index in [0.29, 0.717) is 0 Å². The zero-order valence-electron chi connectivity index (χ0n) is 14.4. The van der Waals surface area contributed by atoms with Crippen molar-refractivity contribution in [1.29, 1.82) is 0 Å². The van der Waals surface area contributed by atoms with Gasteiger partial charge in [0.1, 0.15) is 0 Å². The van der Waals surface area contributed by atoms with E-state index in [1.165, 1.54) is 44.5 Å². The van der Waals surface area contributed by atoms with Crippen molar-refractivity contribution in [3.8, 4) is 33.4 Å². The molecule has 0 amide bonds. The summed E-state index contributed by atoms with van der Waals surface area (Å²) in [6, 6.07) is 35.9. The van der Waals surface area contributed by atoms with Crippen molar-refractivity contribution >= 4 is 0 Å². The first-order chi connectivity index (χ1) is 12.4. The molecule has 0 atom stereocenters. The first-order valence-electron chi connectivity index (χ1n) is 8.67. The molecule has 0 saturated carbocycles. The monoisotopic (exact) mass is 365 g/mol. The number of fused-ring (bicyclic) bond motifs is 3. The average Bonchev–Trinajstić information content (AvgIpc) is 3.06. The Hall–Kier alpha value is -2.41. The van der Waals surface area contributed by atoms with E-state index in [9.17, 15) is 0 Å².